The number of hydrogen-bond acceptors (Lipinski definition) is 4. The second kappa shape index (κ2) is 6.80. The maximum absolute atomic E-state index is 12.0. The number of aromatic nitrogens is 1. The van der Waals surface area contributed by atoms with Crippen molar-refractivity contribution in [1.82, 2.24) is 4.57 Å². The van der Waals surface area contributed by atoms with Gasteiger partial charge in [0, 0.05) is 17.8 Å². The summed E-state index contributed by atoms with van der Waals surface area (Å²) in [4.78, 5) is 34.2. The van der Waals surface area contributed by atoms with Gasteiger partial charge >= 0.3 is 0 Å². The zero-order valence-corrected chi connectivity index (χ0v) is 13.4. The largest absolute Gasteiger partial charge is 0.324 e. The van der Waals surface area contributed by atoms with E-state index in [9.17, 15) is 19.7 Å². The van der Waals surface area contributed by atoms with Crippen LogP contribution in [0.4, 0.5) is 11.4 Å². The highest BCUT2D eigenvalue weighted by Gasteiger charge is 2.17. The van der Waals surface area contributed by atoms with Crippen LogP contribution in [-0.2, 0) is 11.3 Å². The van der Waals surface area contributed by atoms with E-state index in [1.54, 1.807) is 6.07 Å². The minimum atomic E-state index is -0.609. The number of benzene rings is 1. The van der Waals surface area contributed by atoms with Gasteiger partial charge in [-0.25, -0.2) is 0 Å². The Kier molecular flexibility index (Phi) is 5.02. The van der Waals surface area contributed by atoms with E-state index in [2.05, 4.69) is 5.32 Å². The van der Waals surface area contributed by atoms with Gasteiger partial charge in [-0.1, -0.05) is 23.2 Å². The molecule has 120 valence electrons. The van der Waals surface area contributed by atoms with Crippen molar-refractivity contribution in [2.24, 2.45) is 0 Å². The molecule has 0 aliphatic rings. The highest BCUT2D eigenvalue weighted by Crippen LogP contribution is 2.25. The summed E-state index contributed by atoms with van der Waals surface area (Å²) in [6, 6.07) is 6.70. The average molecular weight is 356 g/mol. The molecule has 9 heteroatoms. The van der Waals surface area contributed by atoms with Gasteiger partial charge in [-0.2, -0.15) is 0 Å². The number of carbonyl (C=O) groups excluding carboxylic acids is 1. The summed E-state index contributed by atoms with van der Waals surface area (Å²) in [7, 11) is 0. The molecule has 23 heavy (non-hydrogen) atoms. The molecule has 0 spiro atoms. The van der Waals surface area contributed by atoms with Gasteiger partial charge in [0.1, 0.15) is 6.54 Å². The predicted molar refractivity (Wildman–Crippen MR) is 87.2 cm³/mol. The first-order chi connectivity index (χ1) is 10.8. The number of nitrogens with one attached hydrogen (secondary N) is 1. The van der Waals surface area contributed by atoms with Gasteiger partial charge < -0.3 is 5.32 Å². The minimum Gasteiger partial charge on any atom is -0.324 e. The number of hydrogen-bond donors (Lipinski definition) is 1. The van der Waals surface area contributed by atoms with Crippen LogP contribution in [0.1, 0.15) is 5.69 Å². The van der Waals surface area contributed by atoms with Gasteiger partial charge in [0.05, 0.1) is 20.7 Å². The number of nitrogens with zero attached hydrogens (tertiary/aromatic N) is 2. The molecule has 7 nitrogen and oxygen atoms in total. The lowest BCUT2D eigenvalue weighted by atomic mass is 10.3. The van der Waals surface area contributed by atoms with Gasteiger partial charge in [0.25, 0.3) is 11.2 Å². The number of amides is 1. The Balaban J connectivity index is 2.23. The molecule has 0 saturated carbocycles. The Bertz CT molecular complexity index is 848. The monoisotopic (exact) mass is 355 g/mol. The molecule has 1 N–H and O–H groups in total. The fourth-order valence-electron chi connectivity index (χ4n) is 1.97. The fraction of sp³-hybridized carbons (Fsp3) is 0.143. The van der Waals surface area contributed by atoms with Gasteiger partial charge in [-0.3, -0.25) is 24.3 Å². The molecule has 2 aromatic rings. The summed E-state index contributed by atoms with van der Waals surface area (Å²) in [5.41, 5.74) is -0.225. The van der Waals surface area contributed by atoms with E-state index in [0.29, 0.717) is 10.7 Å². The highest BCUT2D eigenvalue weighted by molar-refractivity contribution is 6.42. The Labute approximate surface area is 140 Å². The van der Waals surface area contributed by atoms with Crippen molar-refractivity contribution in [1.29, 1.82) is 0 Å². The number of rotatable bonds is 4. The van der Waals surface area contributed by atoms with Crippen LogP contribution in [-0.4, -0.2) is 15.4 Å². The molecule has 0 fully saturated rings. The maximum atomic E-state index is 12.0. The Morgan fingerprint density at radius 1 is 1.26 bits per heavy atom. The lowest BCUT2D eigenvalue weighted by molar-refractivity contribution is -0.386. The van der Waals surface area contributed by atoms with Crippen molar-refractivity contribution in [2.75, 3.05) is 5.32 Å². The molecule has 0 bridgehead atoms. The number of anilines is 1. The number of halogens is 2. The van der Waals surface area contributed by atoms with Crippen LogP contribution in [0.15, 0.2) is 35.1 Å². The van der Waals surface area contributed by atoms with Crippen LogP contribution < -0.4 is 10.9 Å². The van der Waals surface area contributed by atoms with E-state index in [-0.39, 0.29) is 22.9 Å². The lowest BCUT2D eigenvalue weighted by Gasteiger charge is -2.10. The standard InChI is InChI=1S/C14H11Cl2N3O4/c1-8-12(19(22)23)4-5-14(21)18(8)7-13(20)17-9-2-3-10(15)11(16)6-9/h2-6H,7H2,1H3,(H,17,20). The lowest BCUT2D eigenvalue weighted by Crippen LogP contribution is -2.29. The number of nitro groups is 1. The molecule has 0 unspecified atom stereocenters. The van der Waals surface area contributed by atoms with E-state index in [1.165, 1.54) is 19.1 Å². The first kappa shape index (κ1) is 17.0. The SMILES string of the molecule is Cc1c([N+](=O)[O-])ccc(=O)n1CC(=O)Nc1ccc(Cl)c(Cl)c1. The molecule has 1 aromatic carbocycles. The van der Waals surface area contributed by atoms with Gasteiger partial charge in [-0.15, -0.1) is 0 Å². The predicted octanol–water partition coefficient (Wildman–Crippen LogP) is 3.01. The summed E-state index contributed by atoms with van der Waals surface area (Å²) < 4.78 is 1.03. The van der Waals surface area contributed by atoms with Crippen LogP contribution in [0.5, 0.6) is 0 Å². The van der Waals surface area contributed by atoms with Crippen LogP contribution in [0.3, 0.4) is 0 Å². The quantitative estimate of drug-likeness (QED) is 0.673. The summed E-state index contributed by atoms with van der Waals surface area (Å²) in [5, 5.41) is 14.1. The van der Waals surface area contributed by atoms with Crippen molar-refractivity contribution < 1.29 is 9.72 Å². The third kappa shape index (κ3) is 3.88. The van der Waals surface area contributed by atoms with Crippen molar-refractivity contribution in [3.63, 3.8) is 0 Å². The van der Waals surface area contributed by atoms with Crippen LogP contribution >= 0.6 is 23.2 Å². The molecule has 0 aliphatic carbocycles. The smallest absolute Gasteiger partial charge is 0.288 e. The molecule has 0 radical (unpaired) electrons. The van der Waals surface area contributed by atoms with E-state index < -0.39 is 16.4 Å². The third-order valence-electron chi connectivity index (χ3n) is 3.13. The molecular formula is C14H11Cl2N3O4. The molecule has 0 aliphatic heterocycles. The zero-order valence-electron chi connectivity index (χ0n) is 11.9. The van der Waals surface area contributed by atoms with E-state index >= 15 is 0 Å². The second-order valence-electron chi connectivity index (χ2n) is 4.66. The van der Waals surface area contributed by atoms with E-state index in [4.69, 9.17) is 23.2 Å². The summed E-state index contributed by atoms with van der Waals surface area (Å²) in [6.45, 7) is 1.05. The van der Waals surface area contributed by atoms with Crippen LogP contribution in [0, 0.1) is 17.0 Å². The molecule has 1 amide bonds. The van der Waals surface area contributed by atoms with E-state index in [1.807, 2.05) is 0 Å². The Morgan fingerprint density at radius 2 is 1.96 bits per heavy atom. The molecule has 1 heterocycles. The van der Waals surface area contributed by atoms with Gasteiger partial charge in [0.2, 0.25) is 5.91 Å². The van der Waals surface area contributed by atoms with Crippen molar-refractivity contribution in [3.05, 3.63) is 66.5 Å². The molecule has 0 atom stereocenters. The van der Waals surface area contributed by atoms with E-state index in [0.717, 1.165) is 16.7 Å². The summed E-state index contributed by atoms with van der Waals surface area (Å²) >= 11 is 11.6. The normalized spacial score (nSPS) is 10.4. The first-order valence-electron chi connectivity index (χ1n) is 6.39. The maximum Gasteiger partial charge on any atom is 0.288 e. The van der Waals surface area contributed by atoms with Crippen molar-refractivity contribution in [2.45, 2.75) is 13.5 Å². The molecular weight excluding hydrogens is 345 g/mol. The minimum absolute atomic E-state index is 0.104. The first-order valence-corrected chi connectivity index (χ1v) is 7.15. The van der Waals surface area contributed by atoms with Crippen LogP contribution in [0.2, 0.25) is 10.0 Å². The Hall–Kier alpha value is -2.38. The molecule has 0 saturated heterocycles. The van der Waals surface area contributed by atoms with Crippen molar-refractivity contribution >= 4 is 40.5 Å². The van der Waals surface area contributed by atoms with Crippen molar-refractivity contribution in [3.8, 4) is 0 Å². The zero-order chi connectivity index (χ0) is 17.1. The topological polar surface area (TPSA) is 94.2 Å². The molecule has 1 aromatic heterocycles. The summed E-state index contributed by atoms with van der Waals surface area (Å²) in [6.07, 6.45) is 0. The average Bonchev–Trinajstić information content (AvgIpc) is 2.47. The molecule has 2 rings (SSSR count). The number of carbonyl (C=O) groups is 1. The number of pyridine rings is 1. The Morgan fingerprint density at radius 3 is 2.57 bits per heavy atom. The third-order valence-corrected chi connectivity index (χ3v) is 3.87. The van der Waals surface area contributed by atoms with Gasteiger partial charge in [0.15, 0.2) is 0 Å². The highest BCUT2D eigenvalue weighted by atomic mass is 35.5. The summed E-state index contributed by atoms with van der Waals surface area (Å²) in [5.74, 6) is -0.519. The van der Waals surface area contributed by atoms with Crippen LogP contribution in [0.25, 0.3) is 0 Å². The second-order valence-corrected chi connectivity index (χ2v) is 5.48. The fourth-order valence-corrected chi connectivity index (χ4v) is 2.27. The van der Waals surface area contributed by atoms with Gasteiger partial charge in [-0.05, 0) is 25.1 Å².